The summed E-state index contributed by atoms with van der Waals surface area (Å²) in [6.45, 7) is 6.98. The molecule has 0 saturated carbocycles. The summed E-state index contributed by atoms with van der Waals surface area (Å²) < 4.78 is 40.2. The van der Waals surface area contributed by atoms with E-state index in [1.165, 1.54) is 0 Å². The molecule has 0 spiro atoms. The van der Waals surface area contributed by atoms with Crippen LogP contribution in [0.25, 0.3) is 0 Å². The molecule has 6 nitrogen and oxygen atoms in total. The summed E-state index contributed by atoms with van der Waals surface area (Å²) in [6, 6.07) is 0. The molecule has 0 aliphatic carbocycles. The fourth-order valence-electron chi connectivity index (χ4n) is 3.26. The Morgan fingerprint density at radius 3 is 2.79 bits per heavy atom. The molecule has 0 amide bonds. The summed E-state index contributed by atoms with van der Waals surface area (Å²) in [5.41, 5.74) is -0.782. The lowest BCUT2D eigenvalue weighted by Crippen LogP contribution is -2.35. The topological polar surface area (TPSA) is 62.6 Å². The van der Waals surface area contributed by atoms with Crippen molar-refractivity contribution < 1.29 is 13.2 Å². The number of hydrogen-bond acceptors (Lipinski definition) is 4. The SMILES string of the molecule is CCn1c(C)nnc1CN1CCC[C@H](c2ncc(C(F)(F)F)[nH]2)C1. The zero-order valence-electron chi connectivity index (χ0n) is 13.8. The van der Waals surface area contributed by atoms with E-state index < -0.39 is 11.9 Å². The Morgan fingerprint density at radius 2 is 2.12 bits per heavy atom. The van der Waals surface area contributed by atoms with Crippen molar-refractivity contribution in [3.05, 3.63) is 29.4 Å². The molecule has 3 rings (SSSR count). The van der Waals surface area contributed by atoms with E-state index in [4.69, 9.17) is 0 Å². The van der Waals surface area contributed by atoms with E-state index in [2.05, 4.69) is 29.6 Å². The van der Waals surface area contributed by atoms with Gasteiger partial charge in [0, 0.05) is 19.0 Å². The normalized spacial score (nSPS) is 19.8. The minimum Gasteiger partial charge on any atom is -0.338 e. The van der Waals surface area contributed by atoms with E-state index in [9.17, 15) is 13.2 Å². The predicted octanol–water partition coefficient (Wildman–Crippen LogP) is 2.73. The third kappa shape index (κ3) is 3.45. The standard InChI is InChI=1S/C15H21F3N6/c1-3-24-10(2)21-22-13(24)9-23-6-4-5-11(8-23)14-19-7-12(20-14)15(16,17)18/h7,11H,3-6,8-9H2,1-2H3,(H,19,20)/t11-/m0/s1. The van der Waals surface area contributed by atoms with Gasteiger partial charge in [-0.3, -0.25) is 4.90 Å². The van der Waals surface area contributed by atoms with Crippen LogP contribution in [0.3, 0.4) is 0 Å². The van der Waals surface area contributed by atoms with Crippen LogP contribution >= 0.6 is 0 Å². The second-order valence-electron chi connectivity index (χ2n) is 6.16. The van der Waals surface area contributed by atoms with Crippen LogP contribution in [0.2, 0.25) is 0 Å². The van der Waals surface area contributed by atoms with Gasteiger partial charge in [-0.1, -0.05) is 0 Å². The average molecular weight is 342 g/mol. The third-order valence-corrected chi connectivity index (χ3v) is 4.49. The molecule has 1 N–H and O–H groups in total. The number of alkyl halides is 3. The van der Waals surface area contributed by atoms with Crippen molar-refractivity contribution in [2.24, 2.45) is 0 Å². The average Bonchev–Trinajstić information content (AvgIpc) is 3.15. The van der Waals surface area contributed by atoms with Gasteiger partial charge in [0.15, 0.2) is 0 Å². The quantitative estimate of drug-likeness (QED) is 0.928. The number of nitrogens with one attached hydrogen (secondary N) is 1. The highest BCUT2D eigenvalue weighted by Crippen LogP contribution is 2.31. The van der Waals surface area contributed by atoms with Crippen LogP contribution in [-0.4, -0.2) is 42.7 Å². The van der Waals surface area contributed by atoms with Crippen molar-refractivity contribution >= 4 is 0 Å². The molecule has 0 bridgehead atoms. The Morgan fingerprint density at radius 1 is 1.33 bits per heavy atom. The number of aromatic nitrogens is 5. The number of aryl methyl sites for hydroxylation is 1. The monoisotopic (exact) mass is 342 g/mol. The highest BCUT2D eigenvalue weighted by atomic mass is 19.4. The summed E-state index contributed by atoms with van der Waals surface area (Å²) in [4.78, 5) is 8.60. The third-order valence-electron chi connectivity index (χ3n) is 4.49. The smallest absolute Gasteiger partial charge is 0.338 e. The van der Waals surface area contributed by atoms with E-state index in [1.807, 2.05) is 13.8 Å². The lowest BCUT2D eigenvalue weighted by molar-refractivity contribution is -0.141. The molecule has 0 unspecified atom stereocenters. The molecule has 1 atom stereocenters. The van der Waals surface area contributed by atoms with Crippen LogP contribution in [0.15, 0.2) is 6.20 Å². The lowest BCUT2D eigenvalue weighted by atomic mass is 9.97. The van der Waals surface area contributed by atoms with Crippen molar-refractivity contribution in [2.75, 3.05) is 13.1 Å². The van der Waals surface area contributed by atoms with E-state index in [0.29, 0.717) is 18.9 Å². The summed E-state index contributed by atoms with van der Waals surface area (Å²) in [5, 5.41) is 8.32. The Hall–Kier alpha value is -1.90. The Kier molecular flexibility index (Phi) is 4.62. The zero-order valence-corrected chi connectivity index (χ0v) is 13.8. The van der Waals surface area contributed by atoms with Crippen molar-refractivity contribution in [3.8, 4) is 0 Å². The highest BCUT2D eigenvalue weighted by Gasteiger charge is 2.34. The molecule has 1 aliphatic rings. The van der Waals surface area contributed by atoms with Crippen LogP contribution in [-0.2, 0) is 19.3 Å². The predicted molar refractivity (Wildman–Crippen MR) is 81.3 cm³/mol. The van der Waals surface area contributed by atoms with E-state index in [0.717, 1.165) is 43.8 Å². The molecule has 2 aromatic heterocycles. The minimum absolute atomic E-state index is 0.0195. The van der Waals surface area contributed by atoms with Gasteiger partial charge in [-0.2, -0.15) is 13.2 Å². The Balaban J connectivity index is 1.69. The van der Waals surface area contributed by atoms with Gasteiger partial charge in [0.25, 0.3) is 0 Å². The largest absolute Gasteiger partial charge is 0.432 e. The van der Waals surface area contributed by atoms with Crippen LogP contribution in [0.1, 0.15) is 48.9 Å². The molecule has 1 aliphatic heterocycles. The fourth-order valence-corrected chi connectivity index (χ4v) is 3.26. The Labute approximate surface area is 138 Å². The van der Waals surface area contributed by atoms with Gasteiger partial charge in [0.1, 0.15) is 23.2 Å². The maximum Gasteiger partial charge on any atom is 0.432 e. The molecule has 3 heterocycles. The van der Waals surface area contributed by atoms with Crippen molar-refractivity contribution in [3.63, 3.8) is 0 Å². The first-order valence-corrected chi connectivity index (χ1v) is 8.11. The summed E-state index contributed by atoms with van der Waals surface area (Å²) in [5.74, 6) is 2.17. The molecular formula is C15H21F3N6. The second-order valence-corrected chi connectivity index (χ2v) is 6.16. The number of nitrogens with zero attached hydrogens (tertiary/aromatic N) is 5. The Bertz CT molecular complexity index is 690. The lowest BCUT2D eigenvalue weighted by Gasteiger charge is -2.31. The minimum atomic E-state index is -4.38. The van der Waals surface area contributed by atoms with E-state index in [1.54, 1.807) is 0 Å². The first-order valence-electron chi connectivity index (χ1n) is 8.11. The molecule has 2 aromatic rings. The number of piperidine rings is 1. The van der Waals surface area contributed by atoms with E-state index >= 15 is 0 Å². The van der Waals surface area contributed by atoms with E-state index in [-0.39, 0.29) is 5.92 Å². The summed E-state index contributed by atoms with van der Waals surface area (Å²) >= 11 is 0. The summed E-state index contributed by atoms with van der Waals surface area (Å²) in [7, 11) is 0. The van der Waals surface area contributed by atoms with Gasteiger partial charge in [-0.25, -0.2) is 4.98 Å². The first kappa shape index (κ1) is 16.9. The number of likely N-dealkylation sites (tertiary alicyclic amines) is 1. The number of imidazole rings is 1. The molecule has 0 radical (unpaired) electrons. The zero-order chi connectivity index (χ0) is 17.3. The first-order chi connectivity index (χ1) is 11.4. The van der Waals surface area contributed by atoms with Gasteiger partial charge in [-0.15, -0.1) is 10.2 Å². The molecule has 0 aromatic carbocycles. The van der Waals surface area contributed by atoms with Crippen LogP contribution in [0.4, 0.5) is 13.2 Å². The second kappa shape index (κ2) is 6.54. The number of halogens is 3. The van der Waals surface area contributed by atoms with Crippen LogP contribution in [0.5, 0.6) is 0 Å². The fraction of sp³-hybridized carbons (Fsp3) is 0.667. The maximum atomic E-state index is 12.7. The number of rotatable bonds is 4. The molecule has 132 valence electrons. The van der Waals surface area contributed by atoms with Gasteiger partial charge >= 0.3 is 6.18 Å². The van der Waals surface area contributed by atoms with Crippen molar-refractivity contribution in [1.82, 2.24) is 29.6 Å². The number of H-pyrrole nitrogens is 1. The van der Waals surface area contributed by atoms with Gasteiger partial charge < -0.3 is 9.55 Å². The molecule has 1 fully saturated rings. The molecular weight excluding hydrogens is 321 g/mol. The van der Waals surface area contributed by atoms with Crippen LogP contribution in [0, 0.1) is 6.92 Å². The van der Waals surface area contributed by atoms with Gasteiger partial charge in [-0.05, 0) is 33.2 Å². The van der Waals surface area contributed by atoms with Crippen LogP contribution < -0.4 is 0 Å². The van der Waals surface area contributed by atoms with Crippen molar-refractivity contribution in [1.29, 1.82) is 0 Å². The maximum absolute atomic E-state index is 12.7. The molecule has 1 saturated heterocycles. The van der Waals surface area contributed by atoms with Gasteiger partial charge in [0.2, 0.25) is 0 Å². The molecule has 24 heavy (non-hydrogen) atoms. The highest BCUT2D eigenvalue weighted by molar-refractivity contribution is 5.10. The number of hydrogen-bond donors (Lipinski definition) is 1. The van der Waals surface area contributed by atoms with Crippen molar-refractivity contribution in [2.45, 2.75) is 51.9 Å². The molecule has 9 heteroatoms. The summed E-state index contributed by atoms with van der Waals surface area (Å²) in [6.07, 6.45) is -1.74. The van der Waals surface area contributed by atoms with Gasteiger partial charge in [0.05, 0.1) is 12.7 Å². The number of aromatic amines is 1.